The van der Waals surface area contributed by atoms with Crippen LogP contribution in [0.2, 0.25) is 0 Å². The molecule has 0 saturated carbocycles. The van der Waals surface area contributed by atoms with Crippen molar-refractivity contribution >= 4 is 39.1 Å². The summed E-state index contributed by atoms with van der Waals surface area (Å²) in [5, 5.41) is 8.84. The summed E-state index contributed by atoms with van der Waals surface area (Å²) in [6.45, 7) is 2.57. The van der Waals surface area contributed by atoms with Crippen molar-refractivity contribution in [1.29, 1.82) is 0 Å². The van der Waals surface area contributed by atoms with Crippen LogP contribution in [0.15, 0.2) is 58.8 Å². The fourth-order valence-corrected chi connectivity index (χ4v) is 5.71. The van der Waals surface area contributed by atoms with Crippen LogP contribution in [0.1, 0.15) is 26.2 Å². The molecule has 1 aromatic heterocycles. The molecular formula is C22H27N3O5S2. The summed E-state index contributed by atoms with van der Waals surface area (Å²) in [6, 6.07) is 6.77. The van der Waals surface area contributed by atoms with Crippen LogP contribution < -0.4 is 9.64 Å². The van der Waals surface area contributed by atoms with Crippen molar-refractivity contribution < 1.29 is 23.1 Å². The van der Waals surface area contributed by atoms with Crippen LogP contribution in [0.4, 0.5) is 11.4 Å². The van der Waals surface area contributed by atoms with Gasteiger partial charge in [0.05, 0.1) is 34.8 Å². The molecule has 0 radical (unpaired) electrons. The number of thioether (sulfide) groups is 1. The van der Waals surface area contributed by atoms with Crippen LogP contribution in [0.5, 0.6) is 5.75 Å². The first-order valence-corrected chi connectivity index (χ1v) is 12.9. The predicted octanol–water partition coefficient (Wildman–Crippen LogP) is 4.11. The molecule has 0 amide bonds. The maximum Gasteiger partial charge on any atom is 0.331 e. The van der Waals surface area contributed by atoms with Gasteiger partial charge in [-0.2, -0.15) is 4.31 Å². The minimum atomic E-state index is -3.82. The van der Waals surface area contributed by atoms with E-state index in [2.05, 4.69) is 11.9 Å². The van der Waals surface area contributed by atoms with E-state index >= 15 is 0 Å². The predicted molar refractivity (Wildman–Crippen MR) is 125 cm³/mol. The number of benzene rings is 1. The minimum Gasteiger partial charge on any atom is -0.478 e. The lowest BCUT2D eigenvalue weighted by molar-refractivity contribution is -0.131. The van der Waals surface area contributed by atoms with Crippen LogP contribution in [0.3, 0.4) is 0 Å². The summed E-state index contributed by atoms with van der Waals surface area (Å²) in [4.78, 5) is 17.8. The molecule has 1 aromatic carbocycles. The Bertz CT molecular complexity index is 1090. The second-order valence-corrected chi connectivity index (χ2v) is 10.2. The molecule has 32 heavy (non-hydrogen) atoms. The van der Waals surface area contributed by atoms with E-state index in [1.165, 1.54) is 22.1 Å². The van der Waals surface area contributed by atoms with E-state index in [9.17, 15) is 13.2 Å². The highest BCUT2D eigenvalue weighted by molar-refractivity contribution is 7.98. The molecule has 0 aliphatic carbocycles. The van der Waals surface area contributed by atoms with Gasteiger partial charge in [0.2, 0.25) is 10.0 Å². The number of carboxylic acid groups (broad SMARTS) is 1. The Morgan fingerprint density at radius 1 is 1.41 bits per heavy atom. The van der Waals surface area contributed by atoms with E-state index in [1.807, 2.05) is 23.3 Å². The van der Waals surface area contributed by atoms with Gasteiger partial charge in [-0.1, -0.05) is 19.8 Å². The topological polar surface area (TPSA) is 100 Å². The normalized spacial score (nSPS) is 18.3. The van der Waals surface area contributed by atoms with E-state index in [0.29, 0.717) is 17.1 Å². The van der Waals surface area contributed by atoms with E-state index < -0.39 is 16.0 Å². The molecule has 1 unspecified atom stereocenters. The third-order valence-corrected chi connectivity index (χ3v) is 8.05. The summed E-state index contributed by atoms with van der Waals surface area (Å²) < 4.78 is 34.2. The van der Waals surface area contributed by atoms with Gasteiger partial charge in [-0.25, -0.2) is 13.2 Å². The summed E-state index contributed by atoms with van der Waals surface area (Å²) in [5.41, 5.74) is 1.34. The number of fused-ring (bicyclic) bond motifs is 1. The summed E-state index contributed by atoms with van der Waals surface area (Å²) in [5.74, 6) is -0.872. The maximum atomic E-state index is 13.6. The third-order valence-electron chi connectivity index (χ3n) is 5.35. The monoisotopic (exact) mass is 477 g/mol. The molecule has 2 aromatic rings. The van der Waals surface area contributed by atoms with E-state index in [-0.39, 0.29) is 16.7 Å². The Labute approximate surface area is 192 Å². The van der Waals surface area contributed by atoms with E-state index in [0.717, 1.165) is 37.3 Å². The largest absolute Gasteiger partial charge is 0.478 e. The van der Waals surface area contributed by atoms with Crippen LogP contribution in [0, 0.1) is 0 Å². The van der Waals surface area contributed by atoms with Gasteiger partial charge in [-0.05, 0) is 30.9 Å². The molecule has 1 aliphatic rings. The molecule has 0 spiro atoms. The van der Waals surface area contributed by atoms with Crippen LogP contribution in [-0.2, 0) is 14.8 Å². The highest BCUT2D eigenvalue weighted by atomic mass is 32.2. The van der Waals surface area contributed by atoms with Crippen molar-refractivity contribution in [2.45, 2.75) is 42.0 Å². The Morgan fingerprint density at radius 2 is 2.19 bits per heavy atom. The lowest BCUT2D eigenvalue weighted by Crippen LogP contribution is -2.40. The molecule has 0 bridgehead atoms. The Balaban J connectivity index is 2.20. The van der Waals surface area contributed by atoms with Crippen LogP contribution >= 0.6 is 11.8 Å². The number of pyridine rings is 1. The number of aliphatic carboxylic acids is 1. The van der Waals surface area contributed by atoms with Crippen molar-refractivity contribution in [1.82, 2.24) is 9.29 Å². The first-order chi connectivity index (χ1) is 15.3. The Morgan fingerprint density at radius 3 is 2.81 bits per heavy atom. The number of unbranched alkanes of at least 4 members (excludes halogenated alkanes) is 1. The summed E-state index contributed by atoms with van der Waals surface area (Å²) >= 11 is 1.39. The first kappa shape index (κ1) is 24.1. The fourth-order valence-electron chi connectivity index (χ4n) is 3.61. The molecule has 0 fully saturated rings. The molecule has 172 valence electrons. The zero-order chi connectivity index (χ0) is 23.3. The Hall–Kier alpha value is -2.56. The number of sulfonamides is 1. The number of likely N-dealkylation sites (N-methyl/N-ethyl adjacent to an activating group) is 1. The van der Waals surface area contributed by atoms with Crippen molar-refractivity contribution in [3.8, 4) is 5.75 Å². The molecule has 1 atom stereocenters. The van der Waals surface area contributed by atoms with Gasteiger partial charge in [-0.15, -0.1) is 11.8 Å². The fraction of sp³-hybridized carbons (Fsp3) is 0.364. The second kappa shape index (κ2) is 10.4. The number of ether oxygens (including phenoxy) is 1. The minimum absolute atomic E-state index is 0.111. The summed E-state index contributed by atoms with van der Waals surface area (Å²) in [7, 11) is -2.21. The number of carboxylic acids is 1. The number of hydrogen-bond acceptors (Lipinski definition) is 7. The number of nitrogens with zero attached hydrogens (tertiary/aromatic N) is 3. The average Bonchev–Trinajstić information content (AvgIpc) is 2.86. The number of aromatic nitrogens is 1. The van der Waals surface area contributed by atoms with Gasteiger partial charge in [0.1, 0.15) is 10.6 Å². The number of rotatable bonds is 8. The highest BCUT2D eigenvalue weighted by Gasteiger charge is 2.37. The second-order valence-electron chi connectivity index (χ2n) is 7.37. The zero-order valence-electron chi connectivity index (χ0n) is 18.3. The van der Waals surface area contributed by atoms with Gasteiger partial charge >= 0.3 is 5.97 Å². The zero-order valence-corrected chi connectivity index (χ0v) is 19.9. The summed E-state index contributed by atoms with van der Waals surface area (Å²) in [6.07, 6.45) is 9.76. The molecule has 8 nitrogen and oxygen atoms in total. The van der Waals surface area contributed by atoms with Crippen LogP contribution in [-0.4, -0.2) is 54.7 Å². The highest BCUT2D eigenvalue weighted by Crippen LogP contribution is 2.43. The SMILES string of the molecule is CCCCC1CN(c2cccnc2)c2cc(SC)c(O/C=C/C(=O)O)cc2S(=O)(=O)N1C. The van der Waals surface area contributed by atoms with Crippen molar-refractivity contribution in [3.05, 3.63) is 49.0 Å². The molecule has 0 saturated heterocycles. The Kier molecular flexibility index (Phi) is 7.81. The lowest BCUT2D eigenvalue weighted by Gasteiger charge is -2.29. The molecule has 3 rings (SSSR count). The molecular weight excluding hydrogens is 450 g/mol. The smallest absolute Gasteiger partial charge is 0.331 e. The maximum absolute atomic E-state index is 13.6. The standard InChI is InChI=1S/C22H27N3O5S2/c1-4-5-7-17-15-25(16-8-6-10-23-14-16)18-12-20(31-3)19(30-11-9-22(26)27)13-21(18)32(28,29)24(17)2/h6,8-14,17H,4-5,7,15H2,1-3H3,(H,26,27)/b11-9+. The van der Waals surface area contributed by atoms with Crippen molar-refractivity contribution in [2.75, 3.05) is 24.7 Å². The van der Waals surface area contributed by atoms with Crippen molar-refractivity contribution in [2.24, 2.45) is 0 Å². The van der Waals surface area contributed by atoms with Gasteiger partial charge in [-0.3, -0.25) is 4.98 Å². The molecule has 1 aliphatic heterocycles. The van der Waals surface area contributed by atoms with Crippen molar-refractivity contribution in [3.63, 3.8) is 0 Å². The van der Waals surface area contributed by atoms with Crippen LogP contribution in [0.25, 0.3) is 0 Å². The van der Waals surface area contributed by atoms with Gasteiger partial charge in [0, 0.05) is 31.9 Å². The van der Waals surface area contributed by atoms with E-state index in [1.54, 1.807) is 25.5 Å². The molecule has 10 heteroatoms. The van der Waals surface area contributed by atoms with Gasteiger partial charge in [0.25, 0.3) is 0 Å². The van der Waals surface area contributed by atoms with Gasteiger partial charge < -0.3 is 14.7 Å². The molecule has 2 heterocycles. The lowest BCUT2D eigenvalue weighted by atomic mass is 10.1. The molecule has 1 N–H and O–H groups in total. The number of anilines is 2. The average molecular weight is 478 g/mol. The first-order valence-electron chi connectivity index (χ1n) is 10.2. The number of carbonyl (C=O) groups is 1. The third kappa shape index (κ3) is 5.08. The number of hydrogen-bond donors (Lipinski definition) is 1. The van der Waals surface area contributed by atoms with E-state index in [4.69, 9.17) is 9.84 Å². The quantitative estimate of drug-likeness (QED) is 0.344. The van der Waals surface area contributed by atoms with Gasteiger partial charge in [0.15, 0.2) is 0 Å².